The maximum atomic E-state index is 11.7. The molecule has 15 heavy (non-hydrogen) atoms. The Kier molecular flexibility index (Phi) is 4.87. The van der Waals surface area contributed by atoms with Crippen molar-refractivity contribution >= 4 is 18.3 Å². The van der Waals surface area contributed by atoms with Crippen LogP contribution >= 0.6 is 12.4 Å². The average Bonchev–Trinajstić information content (AvgIpc) is 3.02. The summed E-state index contributed by atoms with van der Waals surface area (Å²) in [7, 11) is 0. The minimum absolute atomic E-state index is 0. The molecule has 0 aromatic rings. The Morgan fingerprint density at radius 3 is 2.20 bits per heavy atom. The van der Waals surface area contributed by atoms with Crippen molar-refractivity contribution in [3.05, 3.63) is 0 Å². The van der Waals surface area contributed by atoms with Gasteiger partial charge in [-0.1, -0.05) is 0 Å². The van der Waals surface area contributed by atoms with E-state index in [4.69, 9.17) is 5.73 Å². The van der Waals surface area contributed by atoms with Crippen LogP contribution in [0.15, 0.2) is 0 Å². The number of hydrogen-bond acceptors (Lipinski definition) is 2. The Balaban J connectivity index is 0.00000112. The summed E-state index contributed by atoms with van der Waals surface area (Å²) in [4.78, 5) is 11.7. The lowest BCUT2D eigenvalue weighted by Crippen LogP contribution is -2.35. The molecule has 88 valence electrons. The summed E-state index contributed by atoms with van der Waals surface area (Å²) in [5, 5.41) is 3.09. The summed E-state index contributed by atoms with van der Waals surface area (Å²) < 4.78 is 0. The van der Waals surface area contributed by atoms with Crippen molar-refractivity contribution in [1.82, 2.24) is 5.32 Å². The molecule has 0 aromatic heterocycles. The number of nitrogens with one attached hydrogen (secondary N) is 1. The molecule has 0 heterocycles. The lowest BCUT2D eigenvalue weighted by Gasteiger charge is -2.26. The van der Waals surface area contributed by atoms with Gasteiger partial charge in [0.15, 0.2) is 0 Å². The molecule has 0 saturated heterocycles. The van der Waals surface area contributed by atoms with Crippen LogP contribution in [-0.4, -0.2) is 18.5 Å². The Labute approximate surface area is 97.6 Å². The topological polar surface area (TPSA) is 55.1 Å². The van der Waals surface area contributed by atoms with E-state index in [-0.39, 0.29) is 18.3 Å². The van der Waals surface area contributed by atoms with E-state index in [2.05, 4.69) is 5.32 Å². The molecule has 0 bridgehead atoms. The maximum absolute atomic E-state index is 11.7. The molecule has 0 aliphatic heterocycles. The summed E-state index contributed by atoms with van der Waals surface area (Å²) in [5.74, 6) is 1.24. The number of rotatable bonds is 3. The Hall–Kier alpha value is -0.280. The molecule has 0 atom stereocenters. The molecule has 2 fully saturated rings. The van der Waals surface area contributed by atoms with Crippen molar-refractivity contribution in [3.8, 4) is 0 Å². The van der Waals surface area contributed by atoms with Gasteiger partial charge in [0.05, 0.1) is 0 Å². The highest BCUT2D eigenvalue weighted by molar-refractivity contribution is 5.85. The van der Waals surface area contributed by atoms with Gasteiger partial charge < -0.3 is 11.1 Å². The monoisotopic (exact) mass is 232 g/mol. The van der Waals surface area contributed by atoms with Crippen LogP contribution in [0.1, 0.15) is 38.5 Å². The second kappa shape index (κ2) is 5.71. The second-order valence-electron chi connectivity index (χ2n) is 4.74. The number of nitrogens with two attached hydrogens (primary N) is 1. The van der Waals surface area contributed by atoms with Crippen molar-refractivity contribution in [2.45, 2.75) is 44.6 Å². The van der Waals surface area contributed by atoms with Crippen molar-refractivity contribution < 1.29 is 4.79 Å². The van der Waals surface area contributed by atoms with Gasteiger partial charge in [-0.2, -0.15) is 0 Å². The molecule has 2 rings (SSSR count). The zero-order valence-corrected chi connectivity index (χ0v) is 9.89. The molecule has 2 aliphatic rings. The molecule has 0 radical (unpaired) electrons. The first-order chi connectivity index (χ1) is 6.79. The smallest absolute Gasteiger partial charge is 0.223 e. The quantitative estimate of drug-likeness (QED) is 0.774. The van der Waals surface area contributed by atoms with Crippen molar-refractivity contribution in [2.75, 3.05) is 6.54 Å². The zero-order valence-electron chi connectivity index (χ0n) is 9.08. The number of amides is 1. The van der Waals surface area contributed by atoms with Crippen LogP contribution in [0, 0.1) is 11.8 Å². The van der Waals surface area contributed by atoms with Crippen LogP contribution < -0.4 is 11.1 Å². The molecule has 0 aromatic carbocycles. The minimum Gasteiger partial charge on any atom is -0.353 e. The van der Waals surface area contributed by atoms with Gasteiger partial charge in [0, 0.05) is 12.0 Å². The zero-order chi connectivity index (χ0) is 9.97. The molecule has 2 saturated carbocycles. The largest absolute Gasteiger partial charge is 0.353 e. The summed E-state index contributed by atoms with van der Waals surface area (Å²) in [5.41, 5.74) is 5.61. The molecule has 0 spiro atoms. The van der Waals surface area contributed by atoms with E-state index in [1.54, 1.807) is 0 Å². The Morgan fingerprint density at radius 2 is 1.73 bits per heavy atom. The fourth-order valence-electron chi connectivity index (χ4n) is 2.21. The average molecular weight is 233 g/mol. The lowest BCUT2D eigenvalue weighted by atomic mass is 9.81. The van der Waals surface area contributed by atoms with Crippen LogP contribution in [0.25, 0.3) is 0 Å². The molecule has 4 heteroatoms. The normalized spacial score (nSPS) is 30.5. The molecule has 0 unspecified atom stereocenters. The van der Waals surface area contributed by atoms with Crippen molar-refractivity contribution in [1.29, 1.82) is 0 Å². The first kappa shape index (κ1) is 12.8. The van der Waals surface area contributed by atoms with E-state index >= 15 is 0 Å². The van der Waals surface area contributed by atoms with E-state index in [9.17, 15) is 4.79 Å². The number of carbonyl (C=O) groups is 1. The third-order valence-corrected chi connectivity index (χ3v) is 3.47. The summed E-state index contributed by atoms with van der Waals surface area (Å²) >= 11 is 0. The van der Waals surface area contributed by atoms with E-state index < -0.39 is 0 Å². The van der Waals surface area contributed by atoms with Gasteiger partial charge in [-0.3, -0.25) is 4.79 Å². The fraction of sp³-hybridized carbons (Fsp3) is 0.909. The molecular weight excluding hydrogens is 212 g/mol. The highest BCUT2D eigenvalue weighted by atomic mass is 35.5. The van der Waals surface area contributed by atoms with Gasteiger partial charge in [-0.15, -0.1) is 12.4 Å². The van der Waals surface area contributed by atoms with Crippen LogP contribution in [0.4, 0.5) is 0 Å². The van der Waals surface area contributed by atoms with E-state index in [1.165, 1.54) is 12.8 Å². The number of halogens is 1. The minimum atomic E-state index is 0. The SMILES string of the molecule is Cl.NCC1CCC(C(=O)NC2CC2)CC1. The highest BCUT2D eigenvalue weighted by Gasteiger charge is 2.29. The van der Waals surface area contributed by atoms with Gasteiger partial charge in [0.2, 0.25) is 5.91 Å². The number of carbonyl (C=O) groups excluding carboxylic acids is 1. The van der Waals surface area contributed by atoms with Gasteiger partial charge >= 0.3 is 0 Å². The predicted octanol–water partition coefficient (Wildman–Crippen LogP) is 1.45. The van der Waals surface area contributed by atoms with Crippen molar-refractivity contribution in [2.24, 2.45) is 17.6 Å². The van der Waals surface area contributed by atoms with Gasteiger partial charge in [-0.25, -0.2) is 0 Å². The first-order valence-corrected chi connectivity index (χ1v) is 5.80. The highest BCUT2D eigenvalue weighted by Crippen LogP contribution is 2.29. The Morgan fingerprint density at radius 1 is 1.13 bits per heavy atom. The van der Waals surface area contributed by atoms with Gasteiger partial charge in [0.25, 0.3) is 0 Å². The summed E-state index contributed by atoms with van der Waals surface area (Å²) in [6.45, 7) is 0.789. The third-order valence-electron chi connectivity index (χ3n) is 3.47. The third kappa shape index (κ3) is 3.65. The van der Waals surface area contributed by atoms with Gasteiger partial charge in [-0.05, 0) is 51.0 Å². The molecule has 3 nitrogen and oxygen atoms in total. The molecule has 2 aliphatic carbocycles. The maximum Gasteiger partial charge on any atom is 0.223 e. The van der Waals surface area contributed by atoms with Gasteiger partial charge in [0.1, 0.15) is 0 Å². The standard InChI is InChI=1S/C11H20N2O.ClH/c12-7-8-1-3-9(4-2-8)11(14)13-10-5-6-10;/h8-10H,1-7,12H2,(H,13,14);1H. The van der Waals surface area contributed by atoms with E-state index in [0.29, 0.717) is 17.9 Å². The predicted molar refractivity (Wildman–Crippen MR) is 62.9 cm³/mol. The molecule has 1 amide bonds. The molecular formula is C11H21ClN2O. The van der Waals surface area contributed by atoms with Crippen LogP contribution in [-0.2, 0) is 4.79 Å². The molecule has 3 N–H and O–H groups in total. The summed E-state index contributed by atoms with van der Waals surface area (Å²) in [6, 6.07) is 0.509. The number of hydrogen-bond donors (Lipinski definition) is 2. The van der Waals surface area contributed by atoms with Crippen LogP contribution in [0.2, 0.25) is 0 Å². The lowest BCUT2D eigenvalue weighted by molar-refractivity contribution is -0.126. The van der Waals surface area contributed by atoms with E-state index in [1.807, 2.05) is 0 Å². The summed E-state index contributed by atoms with van der Waals surface area (Å²) in [6.07, 6.45) is 6.73. The Bertz CT molecular complexity index is 211. The van der Waals surface area contributed by atoms with Crippen LogP contribution in [0.5, 0.6) is 0 Å². The van der Waals surface area contributed by atoms with Crippen molar-refractivity contribution in [3.63, 3.8) is 0 Å². The first-order valence-electron chi connectivity index (χ1n) is 5.80. The fourth-order valence-corrected chi connectivity index (χ4v) is 2.21. The van der Waals surface area contributed by atoms with Crippen LogP contribution in [0.3, 0.4) is 0 Å². The second-order valence-corrected chi connectivity index (χ2v) is 4.74. The van der Waals surface area contributed by atoms with E-state index in [0.717, 1.165) is 32.2 Å².